The molecule has 24 heavy (non-hydrogen) atoms. The predicted octanol–water partition coefficient (Wildman–Crippen LogP) is 4.60. The summed E-state index contributed by atoms with van der Waals surface area (Å²) in [4.78, 5) is 24.3. The van der Waals surface area contributed by atoms with Crippen molar-refractivity contribution in [3.8, 4) is 0 Å². The van der Waals surface area contributed by atoms with E-state index in [1.807, 2.05) is 32.0 Å². The van der Waals surface area contributed by atoms with Gasteiger partial charge < -0.3 is 15.4 Å². The average Bonchev–Trinajstić information content (AvgIpc) is 2.55. The molecule has 2 rings (SSSR count). The molecule has 0 heterocycles. The van der Waals surface area contributed by atoms with E-state index in [9.17, 15) is 9.59 Å². The van der Waals surface area contributed by atoms with E-state index in [0.717, 1.165) is 18.4 Å². The fourth-order valence-electron chi connectivity index (χ4n) is 2.16. The molecular weight excluding hydrogens is 304 g/mol. The number of carbonyl (C=O) groups excluding carboxylic acids is 2. The van der Waals surface area contributed by atoms with Crippen molar-refractivity contribution in [3.05, 3.63) is 59.7 Å². The summed E-state index contributed by atoms with van der Waals surface area (Å²) < 4.78 is 5.21. The van der Waals surface area contributed by atoms with Crippen LogP contribution in [0, 0.1) is 6.92 Å². The molecule has 126 valence electrons. The third-order valence-corrected chi connectivity index (χ3v) is 3.40. The second kappa shape index (κ2) is 8.72. The number of hydrogen-bond acceptors (Lipinski definition) is 3. The van der Waals surface area contributed by atoms with Gasteiger partial charge in [-0.3, -0.25) is 0 Å². The van der Waals surface area contributed by atoms with E-state index in [1.54, 1.807) is 30.3 Å². The van der Waals surface area contributed by atoms with Crippen LogP contribution in [0.4, 0.5) is 16.2 Å². The maximum atomic E-state index is 12.2. The Labute approximate surface area is 142 Å². The van der Waals surface area contributed by atoms with Gasteiger partial charge in [-0.2, -0.15) is 0 Å². The third-order valence-electron chi connectivity index (χ3n) is 3.40. The minimum Gasteiger partial charge on any atom is -0.462 e. The lowest BCUT2D eigenvalue weighted by Gasteiger charge is -2.12. The Hall–Kier alpha value is -2.82. The highest BCUT2D eigenvalue weighted by atomic mass is 16.5. The van der Waals surface area contributed by atoms with Crippen LogP contribution in [0.2, 0.25) is 0 Å². The molecule has 0 unspecified atom stereocenters. The van der Waals surface area contributed by atoms with E-state index < -0.39 is 12.0 Å². The monoisotopic (exact) mass is 326 g/mol. The van der Waals surface area contributed by atoms with Crippen molar-refractivity contribution in [1.29, 1.82) is 0 Å². The molecule has 0 atom stereocenters. The number of aryl methyl sites for hydroxylation is 1. The van der Waals surface area contributed by atoms with Crippen LogP contribution in [0.3, 0.4) is 0 Å². The molecule has 2 aromatic rings. The second-order valence-electron chi connectivity index (χ2n) is 5.48. The quantitative estimate of drug-likeness (QED) is 0.602. The fourth-order valence-corrected chi connectivity index (χ4v) is 2.16. The lowest BCUT2D eigenvalue weighted by molar-refractivity contribution is 0.0501. The van der Waals surface area contributed by atoms with Gasteiger partial charge in [-0.1, -0.05) is 37.6 Å². The van der Waals surface area contributed by atoms with Gasteiger partial charge in [0.1, 0.15) is 0 Å². The Morgan fingerprint density at radius 2 is 1.83 bits per heavy atom. The van der Waals surface area contributed by atoms with Crippen molar-refractivity contribution in [2.75, 3.05) is 17.2 Å². The molecule has 0 radical (unpaired) electrons. The molecule has 0 aliphatic rings. The highest BCUT2D eigenvalue weighted by Crippen LogP contribution is 2.17. The van der Waals surface area contributed by atoms with E-state index >= 15 is 0 Å². The first-order valence-corrected chi connectivity index (χ1v) is 8.01. The fraction of sp³-hybridized carbons (Fsp3) is 0.263. The van der Waals surface area contributed by atoms with Crippen LogP contribution in [0.5, 0.6) is 0 Å². The van der Waals surface area contributed by atoms with Crippen molar-refractivity contribution in [2.45, 2.75) is 26.7 Å². The Balaban J connectivity index is 2.03. The minimum atomic E-state index is -0.435. The number of nitrogens with one attached hydrogen (secondary N) is 2. The molecule has 0 aromatic heterocycles. The first-order chi connectivity index (χ1) is 11.6. The largest absolute Gasteiger partial charge is 0.462 e. The molecule has 2 amide bonds. The zero-order valence-electron chi connectivity index (χ0n) is 14.0. The summed E-state index contributed by atoms with van der Waals surface area (Å²) in [5, 5.41) is 5.45. The summed E-state index contributed by atoms with van der Waals surface area (Å²) in [7, 11) is 0. The molecule has 0 saturated heterocycles. The average molecular weight is 326 g/mol. The van der Waals surface area contributed by atoms with Crippen LogP contribution in [-0.2, 0) is 4.74 Å². The Kier molecular flexibility index (Phi) is 6.37. The summed E-state index contributed by atoms with van der Waals surface area (Å²) in [5.41, 5.74) is 2.50. The van der Waals surface area contributed by atoms with E-state index in [0.29, 0.717) is 23.5 Å². The summed E-state index contributed by atoms with van der Waals surface area (Å²) in [6.07, 6.45) is 1.77. The van der Waals surface area contributed by atoms with Gasteiger partial charge in [0.25, 0.3) is 0 Å². The van der Waals surface area contributed by atoms with Gasteiger partial charge >= 0.3 is 12.0 Å². The molecule has 5 nitrogen and oxygen atoms in total. The molecule has 0 fully saturated rings. The lowest BCUT2D eigenvalue weighted by atomic mass is 10.2. The van der Waals surface area contributed by atoms with Crippen LogP contribution >= 0.6 is 0 Å². The smallest absolute Gasteiger partial charge is 0.340 e. The van der Waals surface area contributed by atoms with Gasteiger partial charge in [-0.25, -0.2) is 9.59 Å². The lowest BCUT2D eigenvalue weighted by Crippen LogP contribution is -2.21. The zero-order chi connectivity index (χ0) is 17.4. The number of rotatable bonds is 6. The molecule has 0 saturated carbocycles. The Morgan fingerprint density at radius 3 is 2.58 bits per heavy atom. The van der Waals surface area contributed by atoms with Gasteiger partial charge in [0.2, 0.25) is 0 Å². The van der Waals surface area contributed by atoms with Crippen LogP contribution in [0.1, 0.15) is 35.7 Å². The van der Waals surface area contributed by atoms with Crippen LogP contribution in [0.25, 0.3) is 0 Å². The number of amides is 2. The minimum absolute atomic E-state index is 0.341. The Morgan fingerprint density at radius 1 is 1.04 bits per heavy atom. The summed E-state index contributed by atoms with van der Waals surface area (Å²) in [5.74, 6) is -0.435. The predicted molar refractivity (Wildman–Crippen MR) is 95.5 cm³/mol. The number of para-hydroxylation sites is 1. The maximum Gasteiger partial charge on any atom is 0.340 e. The van der Waals surface area contributed by atoms with Crippen molar-refractivity contribution < 1.29 is 14.3 Å². The van der Waals surface area contributed by atoms with Gasteiger partial charge in [-0.05, 0) is 43.2 Å². The number of ether oxygens (including phenoxy) is 1. The third kappa shape index (κ3) is 5.12. The van der Waals surface area contributed by atoms with Crippen molar-refractivity contribution >= 4 is 23.4 Å². The molecular formula is C19H22N2O3. The van der Waals surface area contributed by atoms with Crippen molar-refractivity contribution in [3.63, 3.8) is 0 Å². The van der Waals surface area contributed by atoms with Gasteiger partial charge in [0.15, 0.2) is 0 Å². The first kappa shape index (κ1) is 17.5. The van der Waals surface area contributed by atoms with E-state index in [2.05, 4.69) is 10.6 Å². The molecule has 0 spiro atoms. The summed E-state index contributed by atoms with van der Waals surface area (Å²) in [6, 6.07) is 13.9. The molecule has 2 aromatic carbocycles. The number of hydrogen-bond donors (Lipinski definition) is 2. The van der Waals surface area contributed by atoms with Gasteiger partial charge in [0.05, 0.1) is 17.9 Å². The van der Waals surface area contributed by atoms with Crippen molar-refractivity contribution in [2.24, 2.45) is 0 Å². The highest BCUT2D eigenvalue weighted by Gasteiger charge is 2.14. The summed E-state index contributed by atoms with van der Waals surface area (Å²) in [6.45, 7) is 4.35. The number of esters is 1. The van der Waals surface area contributed by atoms with Crippen LogP contribution in [0.15, 0.2) is 48.5 Å². The number of carbonyl (C=O) groups is 2. The van der Waals surface area contributed by atoms with E-state index in [-0.39, 0.29) is 0 Å². The van der Waals surface area contributed by atoms with Crippen LogP contribution in [-0.4, -0.2) is 18.6 Å². The number of urea groups is 1. The number of unbranched alkanes of at least 4 members (excludes halogenated alkanes) is 1. The molecule has 5 heteroatoms. The van der Waals surface area contributed by atoms with E-state index in [4.69, 9.17) is 4.74 Å². The summed E-state index contributed by atoms with van der Waals surface area (Å²) >= 11 is 0. The highest BCUT2D eigenvalue weighted by molar-refractivity contribution is 6.05. The molecule has 0 aliphatic carbocycles. The number of anilines is 2. The van der Waals surface area contributed by atoms with Crippen LogP contribution < -0.4 is 10.6 Å². The second-order valence-corrected chi connectivity index (χ2v) is 5.48. The SMILES string of the molecule is CCCCOC(=O)c1ccccc1NC(=O)Nc1cccc(C)c1. The topological polar surface area (TPSA) is 67.4 Å². The van der Waals surface area contributed by atoms with Crippen molar-refractivity contribution in [1.82, 2.24) is 0 Å². The molecule has 2 N–H and O–H groups in total. The normalized spacial score (nSPS) is 10.1. The zero-order valence-corrected chi connectivity index (χ0v) is 14.0. The van der Waals surface area contributed by atoms with Gasteiger partial charge in [0, 0.05) is 5.69 Å². The molecule has 0 aliphatic heterocycles. The standard InChI is InChI=1S/C19H22N2O3/c1-3-4-12-24-18(22)16-10-5-6-11-17(16)21-19(23)20-15-9-7-8-14(2)13-15/h5-11,13H,3-4,12H2,1-2H3,(H2,20,21,23). The van der Waals surface area contributed by atoms with E-state index in [1.165, 1.54) is 0 Å². The first-order valence-electron chi connectivity index (χ1n) is 8.01. The maximum absolute atomic E-state index is 12.2. The molecule has 0 bridgehead atoms. The number of benzene rings is 2. The van der Waals surface area contributed by atoms with Gasteiger partial charge in [-0.15, -0.1) is 0 Å². The Bertz CT molecular complexity index is 713.